The molecular formula is C23H38IN7O. The molecule has 3 rings (SSSR count). The average molecular weight is 556 g/mol. The molecule has 0 aliphatic carbocycles. The van der Waals surface area contributed by atoms with E-state index < -0.39 is 0 Å². The number of likely N-dealkylation sites (tertiary alicyclic amines) is 1. The Balaban J connectivity index is 0.00000363. The van der Waals surface area contributed by atoms with E-state index in [0.29, 0.717) is 18.6 Å². The van der Waals surface area contributed by atoms with E-state index in [0.717, 1.165) is 62.3 Å². The van der Waals surface area contributed by atoms with Crippen LogP contribution in [-0.2, 0) is 20.0 Å². The molecule has 8 nitrogen and oxygen atoms in total. The molecule has 0 spiro atoms. The molecular weight excluding hydrogens is 517 g/mol. The molecule has 0 radical (unpaired) electrons. The van der Waals surface area contributed by atoms with Gasteiger partial charge in [0.25, 0.3) is 0 Å². The Morgan fingerprint density at radius 3 is 2.44 bits per heavy atom. The van der Waals surface area contributed by atoms with Gasteiger partial charge in [-0.25, -0.2) is 4.99 Å². The third-order valence-corrected chi connectivity index (χ3v) is 6.03. The van der Waals surface area contributed by atoms with Gasteiger partial charge >= 0.3 is 0 Å². The zero-order chi connectivity index (χ0) is 22.2. The van der Waals surface area contributed by atoms with Crippen LogP contribution in [-0.4, -0.2) is 64.5 Å². The van der Waals surface area contributed by atoms with E-state index in [1.54, 1.807) is 7.11 Å². The minimum Gasteiger partial charge on any atom is -0.497 e. The number of rotatable bonds is 8. The summed E-state index contributed by atoms with van der Waals surface area (Å²) in [6, 6.07) is 9.26. The summed E-state index contributed by atoms with van der Waals surface area (Å²) in [4.78, 5) is 7.35. The minimum atomic E-state index is 0. The van der Waals surface area contributed by atoms with Gasteiger partial charge in [0.05, 0.1) is 7.11 Å². The topological polar surface area (TPSA) is 79.6 Å². The van der Waals surface area contributed by atoms with E-state index in [1.165, 1.54) is 5.56 Å². The van der Waals surface area contributed by atoms with Gasteiger partial charge in [-0.15, -0.1) is 34.2 Å². The Morgan fingerprint density at radius 2 is 1.88 bits per heavy atom. The summed E-state index contributed by atoms with van der Waals surface area (Å²) in [6.45, 7) is 10.0. The number of aliphatic imine (C=N–C) groups is 1. The molecule has 0 atom stereocenters. The molecule has 1 aliphatic heterocycles. The standard InChI is InChI=1S/C23H37N7O.HI/c1-17(2)30-14-11-20(12-15-30)26-23(25-16-22-28-27-18(3)29(22)4)24-13-10-19-6-8-21(31-5)9-7-19;/h6-9,17,20H,10-16H2,1-5H3,(H2,24,25,26);1H. The molecule has 0 bridgehead atoms. The Bertz CT molecular complexity index is 843. The van der Waals surface area contributed by atoms with Crippen molar-refractivity contribution in [2.45, 2.75) is 58.7 Å². The monoisotopic (exact) mass is 555 g/mol. The largest absolute Gasteiger partial charge is 0.497 e. The number of aromatic nitrogens is 3. The number of ether oxygens (including phenoxy) is 1. The number of piperidine rings is 1. The third-order valence-electron chi connectivity index (χ3n) is 6.03. The first-order valence-electron chi connectivity index (χ1n) is 11.2. The predicted molar refractivity (Wildman–Crippen MR) is 140 cm³/mol. The lowest BCUT2D eigenvalue weighted by atomic mass is 10.0. The van der Waals surface area contributed by atoms with Gasteiger partial charge in [0.2, 0.25) is 0 Å². The number of nitrogens with one attached hydrogen (secondary N) is 2. The second kappa shape index (κ2) is 13.0. The summed E-state index contributed by atoms with van der Waals surface area (Å²) in [6.07, 6.45) is 3.17. The van der Waals surface area contributed by atoms with Crippen LogP contribution in [0.25, 0.3) is 0 Å². The van der Waals surface area contributed by atoms with Gasteiger partial charge in [-0.2, -0.15) is 0 Å². The fourth-order valence-electron chi connectivity index (χ4n) is 3.76. The second-order valence-corrected chi connectivity index (χ2v) is 8.46. The van der Waals surface area contributed by atoms with Crippen LogP contribution < -0.4 is 15.4 Å². The van der Waals surface area contributed by atoms with E-state index in [2.05, 4.69) is 51.7 Å². The van der Waals surface area contributed by atoms with E-state index >= 15 is 0 Å². The smallest absolute Gasteiger partial charge is 0.191 e. The average Bonchev–Trinajstić information content (AvgIpc) is 3.10. The van der Waals surface area contributed by atoms with Crippen molar-refractivity contribution in [3.8, 4) is 5.75 Å². The maximum atomic E-state index is 5.24. The lowest BCUT2D eigenvalue weighted by molar-refractivity contribution is 0.167. The van der Waals surface area contributed by atoms with Crippen LogP contribution in [0.4, 0.5) is 0 Å². The Kier molecular flexibility index (Phi) is 10.7. The highest BCUT2D eigenvalue weighted by molar-refractivity contribution is 14.0. The van der Waals surface area contributed by atoms with Gasteiger partial charge in [-0.05, 0) is 57.7 Å². The van der Waals surface area contributed by atoms with Crippen molar-refractivity contribution in [3.63, 3.8) is 0 Å². The van der Waals surface area contributed by atoms with Crippen LogP contribution in [0.5, 0.6) is 5.75 Å². The van der Waals surface area contributed by atoms with Gasteiger partial charge in [0.1, 0.15) is 18.1 Å². The molecule has 0 amide bonds. The van der Waals surface area contributed by atoms with Crippen molar-refractivity contribution < 1.29 is 4.74 Å². The first-order chi connectivity index (χ1) is 15.0. The molecule has 2 N–H and O–H groups in total. The van der Waals surface area contributed by atoms with E-state index in [4.69, 9.17) is 9.73 Å². The van der Waals surface area contributed by atoms with E-state index in [9.17, 15) is 0 Å². The van der Waals surface area contributed by atoms with E-state index in [-0.39, 0.29) is 24.0 Å². The molecule has 1 aromatic carbocycles. The summed E-state index contributed by atoms with van der Waals surface area (Å²) in [7, 11) is 3.67. The number of benzene rings is 1. The summed E-state index contributed by atoms with van der Waals surface area (Å²) >= 11 is 0. The lowest BCUT2D eigenvalue weighted by Gasteiger charge is -2.35. The Hall–Kier alpha value is -1.88. The SMILES string of the molecule is COc1ccc(CCNC(=NCc2nnc(C)n2C)NC2CCN(C(C)C)CC2)cc1.I. The summed E-state index contributed by atoms with van der Waals surface area (Å²) in [5.74, 6) is 3.49. The quantitative estimate of drug-likeness (QED) is 0.297. The lowest BCUT2D eigenvalue weighted by Crippen LogP contribution is -2.50. The number of guanidine groups is 1. The van der Waals surface area contributed by atoms with Crippen LogP contribution in [0.2, 0.25) is 0 Å². The number of aryl methyl sites for hydroxylation is 1. The third kappa shape index (κ3) is 7.61. The number of hydrogen-bond donors (Lipinski definition) is 2. The van der Waals surface area contributed by atoms with Gasteiger partial charge in [-0.3, -0.25) is 0 Å². The van der Waals surface area contributed by atoms with Crippen LogP contribution in [0.1, 0.15) is 43.9 Å². The second-order valence-electron chi connectivity index (χ2n) is 8.46. The summed E-state index contributed by atoms with van der Waals surface area (Å²) in [5.41, 5.74) is 1.27. The highest BCUT2D eigenvalue weighted by Crippen LogP contribution is 2.13. The van der Waals surface area contributed by atoms with Crippen LogP contribution in [0.3, 0.4) is 0 Å². The van der Waals surface area contributed by atoms with Crippen LogP contribution in [0.15, 0.2) is 29.3 Å². The molecule has 2 aromatic rings. The van der Waals surface area contributed by atoms with Gasteiger partial charge < -0.3 is 24.8 Å². The highest BCUT2D eigenvalue weighted by Gasteiger charge is 2.21. The molecule has 1 fully saturated rings. The van der Waals surface area contributed by atoms with Gasteiger partial charge in [-0.1, -0.05) is 12.1 Å². The summed E-state index contributed by atoms with van der Waals surface area (Å²) in [5, 5.41) is 15.5. The maximum absolute atomic E-state index is 5.24. The van der Waals surface area contributed by atoms with E-state index in [1.807, 2.05) is 30.7 Å². The summed E-state index contributed by atoms with van der Waals surface area (Å²) < 4.78 is 7.23. The van der Waals surface area contributed by atoms with Crippen molar-refractivity contribution in [1.29, 1.82) is 0 Å². The number of methoxy groups -OCH3 is 1. The Morgan fingerprint density at radius 1 is 1.19 bits per heavy atom. The molecule has 1 aromatic heterocycles. The zero-order valence-corrected chi connectivity index (χ0v) is 22.3. The Labute approximate surface area is 209 Å². The molecule has 1 saturated heterocycles. The molecule has 0 saturated carbocycles. The fourth-order valence-corrected chi connectivity index (χ4v) is 3.76. The number of hydrogen-bond acceptors (Lipinski definition) is 5. The van der Waals surface area contributed by atoms with Gasteiger partial charge in [0, 0.05) is 38.8 Å². The normalized spacial score (nSPS) is 15.5. The predicted octanol–water partition coefficient (Wildman–Crippen LogP) is 2.90. The fraction of sp³-hybridized carbons (Fsp3) is 0.609. The number of nitrogens with zero attached hydrogens (tertiary/aromatic N) is 5. The molecule has 32 heavy (non-hydrogen) atoms. The van der Waals surface area contributed by atoms with Crippen LogP contribution >= 0.6 is 24.0 Å². The molecule has 178 valence electrons. The molecule has 0 unspecified atom stereocenters. The van der Waals surface area contributed by atoms with Crippen molar-refractivity contribution in [1.82, 2.24) is 30.3 Å². The first kappa shape index (κ1) is 26.4. The maximum Gasteiger partial charge on any atom is 0.191 e. The first-order valence-corrected chi connectivity index (χ1v) is 11.2. The highest BCUT2D eigenvalue weighted by atomic mass is 127. The number of halogens is 1. The molecule has 1 aliphatic rings. The zero-order valence-electron chi connectivity index (χ0n) is 20.0. The van der Waals surface area contributed by atoms with Crippen LogP contribution in [0, 0.1) is 6.92 Å². The molecule has 9 heteroatoms. The van der Waals surface area contributed by atoms with Crippen molar-refractivity contribution in [2.75, 3.05) is 26.7 Å². The van der Waals surface area contributed by atoms with Crippen molar-refractivity contribution in [2.24, 2.45) is 12.0 Å². The molecule has 2 heterocycles. The van der Waals surface area contributed by atoms with Gasteiger partial charge in [0.15, 0.2) is 11.8 Å². The van der Waals surface area contributed by atoms with Crippen molar-refractivity contribution >= 4 is 29.9 Å². The van der Waals surface area contributed by atoms with Crippen molar-refractivity contribution in [3.05, 3.63) is 41.5 Å². The minimum absolute atomic E-state index is 0.